The number of nitrogens with zero attached hydrogens (tertiary/aromatic N) is 2. The van der Waals surface area contributed by atoms with Crippen molar-refractivity contribution in [3.63, 3.8) is 0 Å². The van der Waals surface area contributed by atoms with Gasteiger partial charge in [-0.3, -0.25) is 0 Å². The summed E-state index contributed by atoms with van der Waals surface area (Å²) in [6.07, 6.45) is 8.11. The quantitative estimate of drug-likeness (QED) is 0.801. The van der Waals surface area contributed by atoms with Gasteiger partial charge in [0.2, 0.25) is 0 Å². The third-order valence-corrected chi connectivity index (χ3v) is 3.26. The molecule has 1 aliphatic rings. The summed E-state index contributed by atoms with van der Waals surface area (Å²) in [5, 5.41) is 15.1. The van der Waals surface area contributed by atoms with Gasteiger partial charge < -0.3 is 10.6 Å². The van der Waals surface area contributed by atoms with Crippen molar-refractivity contribution in [2.24, 2.45) is 0 Å². The van der Waals surface area contributed by atoms with Gasteiger partial charge in [0.25, 0.3) is 0 Å². The van der Waals surface area contributed by atoms with E-state index in [1.165, 1.54) is 32.1 Å². The van der Waals surface area contributed by atoms with Crippen LogP contribution >= 0.6 is 12.2 Å². The molecule has 4 nitrogen and oxygen atoms in total. The highest BCUT2D eigenvalue weighted by Gasteiger charge is 2.13. The van der Waals surface area contributed by atoms with Gasteiger partial charge in [-0.05, 0) is 37.2 Å². The molecular weight excluding hydrogens is 232 g/mol. The molecule has 1 heterocycles. The Morgan fingerprint density at radius 1 is 1.35 bits per heavy atom. The summed E-state index contributed by atoms with van der Waals surface area (Å²) >= 11 is 5.26. The van der Waals surface area contributed by atoms with Crippen molar-refractivity contribution >= 4 is 17.3 Å². The molecule has 0 atom stereocenters. The van der Waals surface area contributed by atoms with Crippen LogP contribution in [0.25, 0.3) is 0 Å². The first kappa shape index (κ1) is 12.2. The molecule has 1 aliphatic carbocycles. The Hall–Kier alpha value is -1.23. The predicted molar refractivity (Wildman–Crippen MR) is 71.5 cm³/mol. The Labute approximate surface area is 107 Å². The van der Waals surface area contributed by atoms with E-state index in [4.69, 9.17) is 12.2 Å². The molecule has 0 unspecified atom stereocenters. The van der Waals surface area contributed by atoms with E-state index < -0.39 is 0 Å². The number of thiocarbonyl (C=S) groups is 1. The fourth-order valence-corrected chi connectivity index (χ4v) is 2.32. The highest BCUT2D eigenvalue weighted by molar-refractivity contribution is 7.80. The van der Waals surface area contributed by atoms with E-state index in [0.717, 1.165) is 10.8 Å². The van der Waals surface area contributed by atoms with Gasteiger partial charge in [0.1, 0.15) is 0 Å². The maximum absolute atomic E-state index is 5.26. The van der Waals surface area contributed by atoms with Gasteiger partial charge >= 0.3 is 0 Å². The average Bonchev–Trinajstić information content (AvgIpc) is 2.39. The molecule has 1 aromatic rings. The summed E-state index contributed by atoms with van der Waals surface area (Å²) in [7, 11) is 0. The minimum absolute atomic E-state index is 0.547. The zero-order valence-corrected chi connectivity index (χ0v) is 10.7. The van der Waals surface area contributed by atoms with Crippen molar-refractivity contribution in [3.05, 3.63) is 24.0 Å². The summed E-state index contributed by atoms with van der Waals surface area (Å²) < 4.78 is 0. The van der Waals surface area contributed by atoms with Gasteiger partial charge in [-0.25, -0.2) is 0 Å². The summed E-state index contributed by atoms with van der Waals surface area (Å²) in [5.74, 6) is 0. The zero-order valence-electron chi connectivity index (χ0n) is 9.85. The molecule has 2 N–H and O–H groups in total. The average molecular weight is 250 g/mol. The van der Waals surface area contributed by atoms with Crippen LogP contribution in [-0.2, 0) is 6.54 Å². The SMILES string of the molecule is S=C(NCc1cccnn1)NC1CCCCC1. The summed E-state index contributed by atoms with van der Waals surface area (Å²) in [5.41, 5.74) is 0.903. The largest absolute Gasteiger partial charge is 0.360 e. The molecule has 0 amide bonds. The van der Waals surface area contributed by atoms with E-state index in [-0.39, 0.29) is 0 Å². The number of nitrogens with one attached hydrogen (secondary N) is 2. The van der Waals surface area contributed by atoms with E-state index in [1.54, 1.807) is 6.20 Å². The maximum Gasteiger partial charge on any atom is 0.166 e. The molecule has 0 radical (unpaired) electrons. The second-order valence-electron chi connectivity index (χ2n) is 4.38. The molecule has 0 aliphatic heterocycles. The van der Waals surface area contributed by atoms with Crippen molar-refractivity contribution in [2.75, 3.05) is 0 Å². The zero-order chi connectivity index (χ0) is 11.9. The minimum Gasteiger partial charge on any atom is -0.360 e. The minimum atomic E-state index is 0.547. The van der Waals surface area contributed by atoms with E-state index in [9.17, 15) is 0 Å². The molecule has 92 valence electrons. The van der Waals surface area contributed by atoms with Crippen LogP contribution in [-0.4, -0.2) is 21.4 Å². The van der Waals surface area contributed by atoms with Crippen LogP contribution in [0.3, 0.4) is 0 Å². The second kappa shape index (κ2) is 6.49. The van der Waals surface area contributed by atoms with Crippen LogP contribution in [0.4, 0.5) is 0 Å². The monoisotopic (exact) mass is 250 g/mol. The second-order valence-corrected chi connectivity index (χ2v) is 4.79. The molecule has 0 saturated heterocycles. The van der Waals surface area contributed by atoms with Crippen molar-refractivity contribution in [1.82, 2.24) is 20.8 Å². The lowest BCUT2D eigenvalue weighted by Crippen LogP contribution is -2.42. The molecule has 0 aromatic carbocycles. The van der Waals surface area contributed by atoms with E-state index in [2.05, 4.69) is 20.8 Å². The number of rotatable bonds is 3. The third-order valence-electron chi connectivity index (χ3n) is 3.00. The first-order valence-corrected chi connectivity index (χ1v) is 6.56. The predicted octanol–water partition coefficient (Wildman–Crippen LogP) is 1.77. The summed E-state index contributed by atoms with van der Waals surface area (Å²) in [4.78, 5) is 0. The van der Waals surface area contributed by atoms with Gasteiger partial charge in [0.05, 0.1) is 12.2 Å². The fourth-order valence-electron chi connectivity index (χ4n) is 2.08. The van der Waals surface area contributed by atoms with Gasteiger partial charge in [-0.1, -0.05) is 19.3 Å². The molecule has 5 heteroatoms. The van der Waals surface area contributed by atoms with Crippen molar-refractivity contribution in [1.29, 1.82) is 0 Å². The van der Waals surface area contributed by atoms with Crippen molar-refractivity contribution in [2.45, 2.75) is 44.7 Å². The third kappa shape index (κ3) is 4.26. The maximum atomic E-state index is 5.26. The smallest absolute Gasteiger partial charge is 0.166 e. The Balaban J connectivity index is 1.70. The van der Waals surface area contributed by atoms with Gasteiger partial charge in [-0.2, -0.15) is 10.2 Å². The lowest BCUT2D eigenvalue weighted by atomic mass is 9.96. The molecule has 0 spiro atoms. The summed E-state index contributed by atoms with van der Waals surface area (Å²) in [6, 6.07) is 4.36. The molecule has 1 fully saturated rings. The normalized spacial score (nSPS) is 16.5. The van der Waals surface area contributed by atoms with Crippen molar-refractivity contribution < 1.29 is 0 Å². The Morgan fingerprint density at radius 3 is 2.88 bits per heavy atom. The molecule has 1 saturated carbocycles. The number of hydrogen-bond acceptors (Lipinski definition) is 3. The van der Waals surface area contributed by atoms with Crippen LogP contribution in [0.5, 0.6) is 0 Å². The molecule has 0 bridgehead atoms. The van der Waals surface area contributed by atoms with Crippen LogP contribution < -0.4 is 10.6 Å². The highest BCUT2D eigenvalue weighted by Crippen LogP contribution is 2.17. The van der Waals surface area contributed by atoms with Gasteiger partial charge in [-0.15, -0.1) is 0 Å². The van der Waals surface area contributed by atoms with Crippen LogP contribution in [0.1, 0.15) is 37.8 Å². The van der Waals surface area contributed by atoms with Crippen LogP contribution in [0, 0.1) is 0 Å². The first-order valence-electron chi connectivity index (χ1n) is 6.15. The molecule has 17 heavy (non-hydrogen) atoms. The highest BCUT2D eigenvalue weighted by atomic mass is 32.1. The van der Waals surface area contributed by atoms with Crippen LogP contribution in [0.2, 0.25) is 0 Å². The Kier molecular flexibility index (Phi) is 4.67. The lowest BCUT2D eigenvalue weighted by molar-refractivity contribution is 0.412. The topological polar surface area (TPSA) is 49.8 Å². The van der Waals surface area contributed by atoms with Crippen LogP contribution in [0.15, 0.2) is 18.3 Å². The molecule has 2 rings (SSSR count). The Morgan fingerprint density at radius 2 is 2.18 bits per heavy atom. The van der Waals surface area contributed by atoms with Gasteiger partial charge in [0, 0.05) is 12.2 Å². The lowest BCUT2D eigenvalue weighted by Gasteiger charge is -2.24. The summed E-state index contributed by atoms with van der Waals surface area (Å²) in [6.45, 7) is 0.631. The first-order chi connectivity index (χ1) is 8.34. The number of hydrogen-bond donors (Lipinski definition) is 2. The fraction of sp³-hybridized carbons (Fsp3) is 0.583. The number of aromatic nitrogens is 2. The van der Waals surface area contributed by atoms with Crippen molar-refractivity contribution in [3.8, 4) is 0 Å². The standard InChI is InChI=1S/C12H18N4S/c17-12(15-10-5-2-1-3-6-10)13-9-11-7-4-8-14-16-11/h4,7-8,10H,1-3,5-6,9H2,(H2,13,15,17). The molecular formula is C12H18N4S. The van der Waals surface area contributed by atoms with E-state index >= 15 is 0 Å². The van der Waals surface area contributed by atoms with Gasteiger partial charge in [0.15, 0.2) is 5.11 Å². The van der Waals surface area contributed by atoms with E-state index in [1.807, 2.05) is 12.1 Å². The van der Waals surface area contributed by atoms with E-state index in [0.29, 0.717) is 12.6 Å². The molecule has 1 aromatic heterocycles. The Bertz CT molecular complexity index is 349.